The number of nitrogens with zero attached hydrogens (tertiary/aromatic N) is 3. The van der Waals surface area contributed by atoms with E-state index in [0.29, 0.717) is 10.8 Å². The van der Waals surface area contributed by atoms with Crippen LogP contribution in [0.1, 0.15) is 37.8 Å². The van der Waals surface area contributed by atoms with E-state index >= 15 is 0 Å². The number of benzene rings is 1. The van der Waals surface area contributed by atoms with Gasteiger partial charge in [0.25, 0.3) is 5.56 Å². The molecule has 1 aliphatic carbocycles. The monoisotopic (exact) mass is 357 g/mol. The van der Waals surface area contributed by atoms with Crippen LogP contribution in [0.15, 0.2) is 40.2 Å². The van der Waals surface area contributed by atoms with Gasteiger partial charge >= 0.3 is 0 Å². The smallest absolute Gasteiger partial charge is 0.295 e. The highest BCUT2D eigenvalue weighted by Gasteiger charge is 2.17. The maximum atomic E-state index is 12.8. The van der Waals surface area contributed by atoms with Gasteiger partial charge in [0.15, 0.2) is 5.11 Å². The number of nitrogens with one attached hydrogen (secondary N) is 2. The molecule has 0 atom stereocenters. The fourth-order valence-corrected chi connectivity index (χ4v) is 3.20. The third-order valence-electron chi connectivity index (χ3n) is 4.54. The summed E-state index contributed by atoms with van der Waals surface area (Å²) in [6.07, 6.45) is 5.66. The van der Waals surface area contributed by atoms with E-state index in [1.165, 1.54) is 19.3 Å². The zero-order valence-electron chi connectivity index (χ0n) is 14.6. The van der Waals surface area contributed by atoms with E-state index in [-0.39, 0.29) is 5.56 Å². The van der Waals surface area contributed by atoms with Gasteiger partial charge in [-0.3, -0.25) is 14.9 Å². The van der Waals surface area contributed by atoms with Crippen molar-refractivity contribution in [3.05, 3.63) is 46.4 Å². The van der Waals surface area contributed by atoms with Gasteiger partial charge in [-0.2, -0.15) is 5.10 Å². The van der Waals surface area contributed by atoms with Crippen molar-refractivity contribution in [2.45, 2.75) is 39.0 Å². The molecule has 0 radical (unpaired) electrons. The highest BCUT2D eigenvalue weighted by atomic mass is 32.1. The lowest BCUT2D eigenvalue weighted by atomic mass is 9.99. The van der Waals surface area contributed by atoms with Crippen molar-refractivity contribution in [2.75, 3.05) is 5.32 Å². The summed E-state index contributed by atoms with van der Waals surface area (Å²) in [4.78, 5) is 12.8. The third-order valence-corrected chi connectivity index (χ3v) is 4.73. The summed E-state index contributed by atoms with van der Waals surface area (Å²) in [6, 6.07) is 9.53. The molecule has 0 unspecified atom stereocenters. The first-order chi connectivity index (χ1) is 12.1. The quantitative estimate of drug-likeness (QED) is 0.654. The Bertz CT molecular complexity index is 842. The van der Waals surface area contributed by atoms with Crippen LogP contribution in [0.2, 0.25) is 0 Å². The Morgan fingerprint density at radius 1 is 1.16 bits per heavy atom. The molecule has 1 heterocycles. The predicted octanol–water partition coefficient (Wildman–Crippen LogP) is 3.09. The molecular formula is C18H23N5OS. The van der Waals surface area contributed by atoms with Crippen molar-refractivity contribution >= 4 is 28.7 Å². The van der Waals surface area contributed by atoms with Gasteiger partial charge in [0.05, 0.1) is 11.4 Å². The number of rotatable bonds is 3. The van der Waals surface area contributed by atoms with E-state index in [4.69, 9.17) is 12.2 Å². The first kappa shape index (κ1) is 17.4. The topological polar surface area (TPSA) is 63.4 Å². The van der Waals surface area contributed by atoms with Crippen LogP contribution in [0.4, 0.5) is 5.69 Å². The van der Waals surface area contributed by atoms with Gasteiger partial charge in [-0.25, -0.2) is 4.68 Å². The zero-order chi connectivity index (χ0) is 17.8. The maximum absolute atomic E-state index is 12.8. The molecule has 7 heteroatoms. The number of hydrogen-bond acceptors (Lipinski definition) is 3. The SMILES string of the molecule is Cc1c(NC(=S)NN=C2CCCCC2)c(=O)n(-c2ccccc2)n1C. The summed E-state index contributed by atoms with van der Waals surface area (Å²) in [5.74, 6) is 0. The summed E-state index contributed by atoms with van der Waals surface area (Å²) in [7, 11) is 1.85. The molecule has 1 aliphatic rings. The zero-order valence-corrected chi connectivity index (χ0v) is 15.4. The van der Waals surface area contributed by atoms with Gasteiger partial charge in [-0.05, 0) is 57.0 Å². The summed E-state index contributed by atoms with van der Waals surface area (Å²) in [6.45, 7) is 1.89. The molecule has 0 spiro atoms. The highest BCUT2D eigenvalue weighted by molar-refractivity contribution is 7.80. The molecule has 3 rings (SSSR count). The van der Waals surface area contributed by atoms with E-state index in [1.807, 2.05) is 49.0 Å². The largest absolute Gasteiger partial charge is 0.325 e. The fraction of sp³-hybridized carbons (Fsp3) is 0.389. The standard InChI is InChI=1S/C18H23N5OS/c1-13-16(19-18(25)21-20-14-9-5-3-6-10-14)17(24)23(22(13)2)15-11-7-4-8-12-15/h4,7-8,11-12H,3,5-6,9-10H2,1-2H3,(H2,19,21,25). The lowest BCUT2D eigenvalue weighted by Crippen LogP contribution is -2.29. The van der Waals surface area contributed by atoms with Crippen LogP contribution in [0.25, 0.3) is 5.69 Å². The Balaban J connectivity index is 1.79. The Morgan fingerprint density at radius 2 is 1.84 bits per heavy atom. The Kier molecular flexibility index (Phi) is 5.33. The van der Waals surface area contributed by atoms with Crippen LogP contribution in [-0.2, 0) is 7.05 Å². The van der Waals surface area contributed by atoms with Gasteiger partial charge < -0.3 is 5.32 Å². The second-order valence-electron chi connectivity index (χ2n) is 6.24. The van der Waals surface area contributed by atoms with E-state index in [2.05, 4.69) is 15.8 Å². The Labute approximate surface area is 152 Å². The Morgan fingerprint density at radius 3 is 2.52 bits per heavy atom. The van der Waals surface area contributed by atoms with Crippen LogP contribution in [0.3, 0.4) is 0 Å². The lowest BCUT2D eigenvalue weighted by molar-refractivity contribution is 0.630. The van der Waals surface area contributed by atoms with Crippen molar-refractivity contribution in [1.82, 2.24) is 14.8 Å². The molecule has 0 aliphatic heterocycles. The third kappa shape index (κ3) is 3.82. The fourth-order valence-electron chi connectivity index (χ4n) is 3.06. The van der Waals surface area contributed by atoms with Gasteiger partial charge in [-0.1, -0.05) is 24.6 Å². The van der Waals surface area contributed by atoms with Crippen LogP contribution in [0, 0.1) is 6.92 Å². The molecule has 1 fully saturated rings. The molecule has 1 aromatic heterocycles. The van der Waals surface area contributed by atoms with Gasteiger partial charge in [0.1, 0.15) is 5.69 Å². The minimum absolute atomic E-state index is 0.138. The number of hydrogen-bond donors (Lipinski definition) is 2. The molecule has 2 N–H and O–H groups in total. The summed E-state index contributed by atoms with van der Waals surface area (Å²) >= 11 is 5.31. The van der Waals surface area contributed by atoms with Crippen LogP contribution < -0.4 is 16.3 Å². The van der Waals surface area contributed by atoms with Gasteiger partial charge in [0.2, 0.25) is 0 Å². The molecule has 0 saturated heterocycles. The maximum Gasteiger partial charge on any atom is 0.295 e. The minimum atomic E-state index is -0.138. The van der Waals surface area contributed by atoms with Crippen molar-refractivity contribution in [3.8, 4) is 5.69 Å². The normalized spacial score (nSPS) is 14.2. The first-order valence-electron chi connectivity index (χ1n) is 8.54. The second-order valence-corrected chi connectivity index (χ2v) is 6.65. The molecule has 0 amide bonds. The first-order valence-corrected chi connectivity index (χ1v) is 8.95. The number of para-hydroxylation sites is 1. The molecule has 2 aromatic rings. The van der Waals surface area contributed by atoms with E-state index in [9.17, 15) is 4.79 Å². The van der Waals surface area contributed by atoms with E-state index < -0.39 is 0 Å². The average molecular weight is 357 g/mol. The second kappa shape index (κ2) is 7.65. The van der Waals surface area contributed by atoms with Crippen molar-refractivity contribution in [1.29, 1.82) is 0 Å². The molecule has 25 heavy (non-hydrogen) atoms. The van der Waals surface area contributed by atoms with Crippen molar-refractivity contribution < 1.29 is 0 Å². The lowest BCUT2D eigenvalue weighted by Gasteiger charge is -2.13. The molecule has 1 aromatic carbocycles. The van der Waals surface area contributed by atoms with Crippen molar-refractivity contribution in [2.24, 2.45) is 12.1 Å². The van der Waals surface area contributed by atoms with Crippen molar-refractivity contribution in [3.63, 3.8) is 0 Å². The van der Waals surface area contributed by atoms with Gasteiger partial charge in [-0.15, -0.1) is 0 Å². The highest BCUT2D eigenvalue weighted by Crippen LogP contribution is 2.15. The van der Waals surface area contributed by atoms with Gasteiger partial charge in [0, 0.05) is 12.8 Å². The number of anilines is 1. The molecule has 1 saturated carbocycles. The minimum Gasteiger partial charge on any atom is -0.325 e. The van der Waals surface area contributed by atoms with Crippen LogP contribution >= 0.6 is 12.2 Å². The molecular weight excluding hydrogens is 334 g/mol. The average Bonchev–Trinajstić information content (AvgIpc) is 2.85. The molecule has 132 valence electrons. The number of aromatic nitrogens is 2. The number of thiocarbonyl (C=S) groups is 1. The van der Waals surface area contributed by atoms with E-state index in [0.717, 1.165) is 29.9 Å². The van der Waals surface area contributed by atoms with Crippen LogP contribution in [0.5, 0.6) is 0 Å². The molecule has 0 bridgehead atoms. The van der Waals surface area contributed by atoms with E-state index in [1.54, 1.807) is 4.68 Å². The Hall–Kier alpha value is -2.41. The number of hydrazone groups is 1. The summed E-state index contributed by atoms with van der Waals surface area (Å²) in [5, 5.41) is 7.72. The van der Waals surface area contributed by atoms with Crippen LogP contribution in [-0.4, -0.2) is 20.2 Å². The summed E-state index contributed by atoms with van der Waals surface area (Å²) in [5.41, 5.74) is 5.96. The molecule has 6 nitrogen and oxygen atoms in total. The summed E-state index contributed by atoms with van der Waals surface area (Å²) < 4.78 is 3.43. The predicted molar refractivity (Wildman–Crippen MR) is 106 cm³/mol.